The van der Waals surface area contributed by atoms with Gasteiger partial charge in [0.1, 0.15) is 6.10 Å². The lowest BCUT2D eigenvalue weighted by Gasteiger charge is -2.27. The third-order valence-corrected chi connectivity index (χ3v) is 2.19. The van der Waals surface area contributed by atoms with Crippen LogP contribution in [-0.2, 0) is 4.74 Å². The zero-order chi connectivity index (χ0) is 9.26. The monoisotopic (exact) mass is 199 g/mol. The van der Waals surface area contributed by atoms with Gasteiger partial charge in [-0.3, -0.25) is 0 Å². The largest absolute Gasteiger partial charge is 0.482 e. The van der Waals surface area contributed by atoms with Gasteiger partial charge in [-0.15, -0.1) is 0 Å². The zero-order valence-corrected chi connectivity index (χ0v) is 7.75. The van der Waals surface area contributed by atoms with Crippen LogP contribution in [0.3, 0.4) is 0 Å². The Morgan fingerprint density at radius 3 is 2.77 bits per heavy atom. The third-order valence-electron chi connectivity index (χ3n) is 1.89. The molecule has 2 N–H and O–H groups in total. The molecular formula is C9H10ClNO2. The molecular weight excluding hydrogens is 190 g/mol. The zero-order valence-electron chi connectivity index (χ0n) is 7.00. The number of hydrogen-bond acceptors (Lipinski definition) is 3. The van der Waals surface area contributed by atoms with Gasteiger partial charge in [0.15, 0.2) is 5.75 Å². The lowest BCUT2D eigenvalue weighted by molar-refractivity contribution is -0.0793. The molecule has 1 aliphatic rings. The molecule has 3 nitrogen and oxygen atoms in total. The van der Waals surface area contributed by atoms with Gasteiger partial charge < -0.3 is 15.2 Å². The molecule has 70 valence electrons. The molecule has 1 aromatic rings. The van der Waals surface area contributed by atoms with Crippen molar-refractivity contribution in [3.8, 4) is 5.75 Å². The standard InChI is InChI=1S/C9H10ClNO2/c10-7-2-1-3-8(11)9(7)13-6-4-12-5-6/h1-3,6H,4-5,11H2. The van der Waals surface area contributed by atoms with E-state index in [2.05, 4.69) is 0 Å². The topological polar surface area (TPSA) is 44.5 Å². The Labute approximate surface area is 81.4 Å². The van der Waals surface area contributed by atoms with Crippen LogP contribution >= 0.6 is 11.6 Å². The fourth-order valence-corrected chi connectivity index (χ4v) is 1.33. The van der Waals surface area contributed by atoms with Gasteiger partial charge >= 0.3 is 0 Å². The van der Waals surface area contributed by atoms with Crippen LogP contribution < -0.4 is 10.5 Å². The highest BCUT2D eigenvalue weighted by atomic mass is 35.5. The lowest BCUT2D eigenvalue weighted by Crippen LogP contribution is -2.38. The van der Waals surface area contributed by atoms with E-state index in [1.54, 1.807) is 18.2 Å². The van der Waals surface area contributed by atoms with Crippen LogP contribution in [0.5, 0.6) is 5.75 Å². The quantitative estimate of drug-likeness (QED) is 0.738. The molecule has 0 aliphatic carbocycles. The summed E-state index contributed by atoms with van der Waals surface area (Å²) in [5, 5.41) is 0.548. The first-order valence-electron chi connectivity index (χ1n) is 4.06. The molecule has 1 saturated heterocycles. The van der Waals surface area contributed by atoms with Gasteiger partial charge in [0, 0.05) is 0 Å². The highest BCUT2D eigenvalue weighted by molar-refractivity contribution is 6.32. The Kier molecular flexibility index (Phi) is 2.29. The van der Waals surface area contributed by atoms with Crippen molar-refractivity contribution in [2.45, 2.75) is 6.10 Å². The van der Waals surface area contributed by atoms with E-state index in [9.17, 15) is 0 Å². The summed E-state index contributed by atoms with van der Waals surface area (Å²) in [5.41, 5.74) is 6.27. The average Bonchev–Trinajstić information content (AvgIpc) is 2.00. The number of nitrogen functional groups attached to an aromatic ring is 1. The summed E-state index contributed by atoms with van der Waals surface area (Å²) in [4.78, 5) is 0. The normalized spacial score (nSPS) is 16.7. The average molecular weight is 200 g/mol. The van der Waals surface area contributed by atoms with E-state index in [0.717, 1.165) is 0 Å². The molecule has 4 heteroatoms. The maximum Gasteiger partial charge on any atom is 0.161 e. The number of hydrogen-bond donors (Lipinski definition) is 1. The molecule has 1 heterocycles. The Morgan fingerprint density at radius 1 is 1.46 bits per heavy atom. The Balaban J connectivity index is 2.17. The van der Waals surface area contributed by atoms with Gasteiger partial charge in [0.2, 0.25) is 0 Å². The van der Waals surface area contributed by atoms with Crippen molar-refractivity contribution in [2.75, 3.05) is 18.9 Å². The molecule has 1 fully saturated rings. The van der Waals surface area contributed by atoms with Gasteiger partial charge in [0.25, 0.3) is 0 Å². The van der Waals surface area contributed by atoms with Gasteiger partial charge in [0.05, 0.1) is 23.9 Å². The number of nitrogens with two attached hydrogens (primary N) is 1. The second-order valence-electron chi connectivity index (χ2n) is 2.94. The fraction of sp³-hybridized carbons (Fsp3) is 0.333. The first-order valence-corrected chi connectivity index (χ1v) is 4.43. The van der Waals surface area contributed by atoms with Crippen molar-refractivity contribution in [3.05, 3.63) is 23.2 Å². The Hall–Kier alpha value is -0.930. The highest BCUT2D eigenvalue weighted by Crippen LogP contribution is 2.32. The minimum atomic E-state index is 0.0993. The van der Waals surface area contributed by atoms with Crippen LogP contribution in [0.4, 0.5) is 5.69 Å². The van der Waals surface area contributed by atoms with Crippen molar-refractivity contribution < 1.29 is 9.47 Å². The first-order chi connectivity index (χ1) is 6.27. The van der Waals surface area contributed by atoms with Crippen molar-refractivity contribution in [3.63, 3.8) is 0 Å². The molecule has 0 radical (unpaired) electrons. The van der Waals surface area contributed by atoms with Crippen LogP contribution in [0.1, 0.15) is 0 Å². The molecule has 0 amide bonds. The molecule has 0 bridgehead atoms. The van der Waals surface area contributed by atoms with Crippen LogP contribution in [-0.4, -0.2) is 19.3 Å². The van der Waals surface area contributed by atoms with E-state index in [4.69, 9.17) is 26.8 Å². The second kappa shape index (κ2) is 3.44. The third kappa shape index (κ3) is 1.71. The second-order valence-corrected chi connectivity index (χ2v) is 3.34. The van der Waals surface area contributed by atoms with Crippen LogP contribution in [0.15, 0.2) is 18.2 Å². The predicted molar refractivity (Wildman–Crippen MR) is 51.1 cm³/mol. The molecule has 0 aromatic heterocycles. The van der Waals surface area contributed by atoms with E-state index in [1.807, 2.05) is 0 Å². The SMILES string of the molecule is Nc1cccc(Cl)c1OC1COC1. The molecule has 0 spiro atoms. The van der Waals surface area contributed by atoms with Gasteiger partial charge in [-0.25, -0.2) is 0 Å². The van der Waals surface area contributed by atoms with E-state index in [0.29, 0.717) is 29.7 Å². The lowest BCUT2D eigenvalue weighted by atomic mass is 10.2. The van der Waals surface area contributed by atoms with Crippen molar-refractivity contribution >= 4 is 17.3 Å². The number of ether oxygens (including phenoxy) is 2. The van der Waals surface area contributed by atoms with E-state index < -0.39 is 0 Å². The molecule has 0 atom stereocenters. The van der Waals surface area contributed by atoms with Gasteiger partial charge in [-0.1, -0.05) is 17.7 Å². The van der Waals surface area contributed by atoms with Crippen LogP contribution in [0.25, 0.3) is 0 Å². The molecule has 13 heavy (non-hydrogen) atoms. The molecule has 0 saturated carbocycles. The molecule has 2 rings (SSSR count). The number of para-hydroxylation sites is 1. The number of rotatable bonds is 2. The summed E-state index contributed by atoms with van der Waals surface area (Å²) >= 11 is 5.91. The number of halogens is 1. The predicted octanol–water partition coefficient (Wildman–Crippen LogP) is 1.70. The molecule has 1 aromatic carbocycles. The van der Waals surface area contributed by atoms with E-state index in [-0.39, 0.29) is 6.10 Å². The fourth-order valence-electron chi connectivity index (χ4n) is 1.10. The smallest absolute Gasteiger partial charge is 0.161 e. The summed E-state index contributed by atoms with van der Waals surface area (Å²) in [5.74, 6) is 0.567. The Morgan fingerprint density at radius 2 is 2.23 bits per heavy atom. The van der Waals surface area contributed by atoms with Gasteiger partial charge in [-0.05, 0) is 12.1 Å². The van der Waals surface area contributed by atoms with Crippen molar-refractivity contribution in [1.29, 1.82) is 0 Å². The minimum Gasteiger partial charge on any atom is -0.482 e. The molecule has 0 unspecified atom stereocenters. The number of anilines is 1. The van der Waals surface area contributed by atoms with Gasteiger partial charge in [-0.2, -0.15) is 0 Å². The number of benzene rings is 1. The molecule has 1 aliphatic heterocycles. The minimum absolute atomic E-state index is 0.0993. The summed E-state index contributed by atoms with van der Waals surface area (Å²) < 4.78 is 10.5. The van der Waals surface area contributed by atoms with Crippen LogP contribution in [0, 0.1) is 0 Å². The summed E-state index contributed by atoms with van der Waals surface area (Å²) in [6.45, 7) is 1.23. The Bertz CT molecular complexity index is 292. The maximum absolute atomic E-state index is 5.91. The van der Waals surface area contributed by atoms with Crippen LogP contribution in [0.2, 0.25) is 5.02 Å². The summed E-state index contributed by atoms with van der Waals surface area (Å²) in [7, 11) is 0. The van der Waals surface area contributed by atoms with Crippen molar-refractivity contribution in [1.82, 2.24) is 0 Å². The summed E-state index contributed by atoms with van der Waals surface area (Å²) in [6.07, 6.45) is 0.0993. The van der Waals surface area contributed by atoms with E-state index in [1.165, 1.54) is 0 Å². The first kappa shape index (κ1) is 8.66. The van der Waals surface area contributed by atoms with Crippen molar-refractivity contribution in [2.24, 2.45) is 0 Å². The highest BCUT2D eigenvalue weighted by Gasteiger charge is 2.21. The summed E-state index contributed by atoms with van der Waals surface area (Å²) in [6, 6.07) is 5.31. The van der Waals surface area contributed by atoms with E-state index >= 15 is 0 Å². The maximum atomic E-state index is 5.91.